The highest BCUT2D eigenvalue weighted by Crippen LogP contribution is 2.46. The first-order valence-electron chi connectivity index (χ1n) is 29.4. The zero-order valence-electron chi connectivity index (χ0n) is 47.7. The van der Waals surface area contributed by atoms with Gasteiger partial charge in [0.05, 0.1) is 17.1 Å². The topological polar surface area (TPSA) is 38.7 Å². The standard InChI is InChI=1S/C83H59N3/c1-57-50-83(86-56-80(57)61-30-12-5-13-31-61)66-44-47-75(79(55-66)60-28-10-4-11-29-60)72-36-18-15-33-69(72)63-41-40-62(68-32-14-17-35-71(68)74-45-42-64(81-38-20-22-48-84-81)53-77(74)58-24-6-2-7-25-58)51-67(52-63)70-34-16-19-37-73(70)76-46-43-65(82-39-21-23-49-85-82)54-78(76)59-26-8-3-9-27-59/h2-40,42-56H,41H2,1H3. The van der Waals surface area contributed by atoms with Crippen LogP contribution in [0.15, 0.2) is 328 Å². The number of pyridine rings is 3. The van der Waals surface area contributed by atoms with E-state index in [1.165, 1.54) is 16.7 Å². The summed E-state index contributed by atoms with van der Waals surface area (Å²) in [4.78, 5) is 14.7. The van der Waals surface area contributed by atoms with Gasteiger partial charge in [0.15, 0.2) is 0 Å². The van der Waals surface area contributed by atoms with Gasteiger partial charge in [0.2, 0.25) is 0 Å². The summed E-state index contributed by atoms with van der Waals surface area (Å²) >= 11 is 0. The minimum absolute atomic E-state index is 0.677. The Morgan fingerprint density at radius 2 is 0.605 bits per heavy atom. The smallest absolute Gasteiger partial charge is 0.0705 e. The molecule has 3 heterocycles. The molecule has 0 spiro atoms. The van der Waals surface area contributed by atoms with Gasteiger partial charge < -0.3 is 0 Å². The van der Waals surface area contributed by atoms with Gasteiger partial charge in [0, 0.05) is 40.8 Å². The Labute approximate surface area is 504 Å². The van der Waals surface area contributed by atoms with E-state index in [0.717, 1.165) is 134 Å². The van der Waals surface area contributed by atoms with Crippen molar-refractivity contribution in [3.63, 3.8) is 0 Å². The summed E-state index contributed by atoms with van der Waals surface area (Å²) in [5, 5.41) is 0. The summed E-state index contributed by atoms with van der Waals surface area (Å²) in [6.45, 7) is 2.18. The van der Waals surface area contributed by atoms with Gasteiger partial charge in [-0.3, -0.25) is 15.0 Å². The molecule has 86 heavy (non-hydrogen) atoms. The quantitative estimate of drug-likeness (QED) is 0.115. The van der Waals surface area contributed by atoms with Crippen LogP contribution in [0.1, 0.15) is 28.7 Å². The molecule has 0 bridgehead atoms. The van der Waals surface area contributed by atoms with Crippen LogP contribution in [0, 0.1) is 6.92 Å². The second kappa shape index (κ2) is 24.0. The van der Waals surface area contributed by atoms with Crippen molar-refractivity contribution in [2.24, 2.45) is 0 Å². The molecule has 13 aromatic rings. The van der Waals surface area contributed by atoms with Gasteiger partial charge in [-0.1, -0.05) is 255 Å². The molecule has 0 atom stereocenters. The Morgan fingerprint density at radius 3 is 1.03 bits per heavy atom. The Morgan fingerprint density at radius 1 is 0.244 bits per heavy atom. The number of benzene rings is 10. The molecule has 0 N–H and O–H groups in total. The van der Waals surface area contributed by atoms with Crippen molar-refractivity contribution < 1.29 is 0 Å². The highest BCUT2D eigenvalue weighted by atomic mass is 14.7. The van der Waals surface area contributed by atoms with Crippen molar-refractivity contribution in [2.75, 3.05) is 0 Å². The lowest BCUT2D eigenvalue weighted by molar-refractivity contribution is 1.29. The molecule has 1 aliphatic rings. The maximum absolute atomic E-state index is 5.10. The first-order chi connectivity index (χ1) is 42.6. The highest BCUT2D eigenvalue weighted by Gasteiger charge is 2.23. The maximum Gasteiger partial charge on any atom is 0.0705 e. The van der Waals surface area contributed by atoms with Crippen LogP contribution in [0.25, 0.3) is 128 Å². The SMILES string of the molecule is Cc1cc(-c2ccc(-c3ccccc3C3=CC(c4ccccc4-c4ccc(-c5ccccn5)cc4-c4ccccc4)=CC(c4ccccc4-c4ccc(-c5ccccn5)cc4-c4ccccc4)=CC3)c(-c3ccccc3)c2)ncc1-c1ccccc1. The van der Waals surface area contributed by atoms with Crippen LogP contribution >= 0.6 is 0 Å². The number of hydrogen-bond acceptors (Lipinski definition) is 3. The monoisotopic (exact) mass is 1100 g/mol. The van der Waals surface area contributed by atoms with E-state index in [2.05, 4.69) is 304 Å². The zero-order chi connectivity index (χ0) is 57.6. The van der Waals surface area contributed by atoms with Crippen molar-refractivity contribution >= 4 is 16.7 Å². The van der Waals surface area contributed by atoms with E-state index >= 15 is 0 Å². The first kappa shape index (κ1) is 52.9. The molecule has 0 saturated heterocycles. The molecule has 0 aliphatic heterocycles. The van der Waals surface area contributed by atoms with Gasteiger partial charge in [0.25, 0.3) is 0 Å². The van der Waals surface area contributed by atoms with E-state index in [4.69, 9.17) is 15.0 Å². The van der Waals surface area contributed by atoms with Crippen LogP contribution < -0.4 is 0 Å². The fourth-order valence-corrected chi connectivity index (χ4v) is 12.3. The van der Waals surface area contributed by atoms with Gasteiger partial charge >= 0.3 is 0 Å². The molecule has 0 amide bonds. The number of aromatic nitrogens is 3. The van der Waals surface area contributed by atoms with Crippen molar-refractivity contribution in [3.8, 4) is 112 Å². The van der Waals surface area contributed by atoms with E-state index in [-0.39, 0.29) is 0 Å². The van der Waals surface area contributed by atoms with Crippen LogP contribution in [-0.4, -0.2) is 15.0 Å². The van der Waals surface area contributed by atoms with Crippen molar-refractivity contribution in [1.82, 2.24) is 15.0 Å². The Balaban J connectivity index is 0.953. The highest BCUT2D eigenvalue weighted by molar-refractivity contribution is 6.04. The summed E-state index contributed by atoms with van der Waals surface area (Å²) in [6.07, 6.45) is 13.8. The van der Waals surface area contributed by atoms with Crippen molar-refractivity contribution in [1.29, 1.82) is 0 Å². The summed E-state index contributed by atoms with van der Waals surface area (Å²) in [7, 11) is 0. The molecule has 406 valence electrons. The van der Waals surface area contributed by atoms with Crippen LogP contribution in [0.2, 0.25) is 0 Å². The largest absolute Gasteiger partial charge is 0.256 e. The van der Waals surface area contributed by atoms with Gasteiger partial charge in [-0.2, -0.15) is 0 Å². The van der Waals surface area contributed by atoms with E-state index < -0.39 is 0 Å². The molecule has 3 heteroatoms. The van der Waals surface area contributed by atoms with Crippen LogP contribution in [0.3, 0.4) is 0 Å². The van der Waals surface area contributed by atoms with E-state index in [0.29, 0.717) is 6.42 Å². The van der Waals surface area contributed by atoms with E-state index in [1.807, 2.05) is 30.7 Å². The van der Waals surface area contributed by atoms with E-state index in [9.17, 15) is 0 Å². The number of aryl methyl sites for hydroxylation is 1. The molecule has 1 aliphatic carbocycles. The summed E-state index contributed by atoms with van der Waals surface area (Å²) < 4.78 is 0. The third-order valence-corrected chi connectivity index (χ3v) is 16.5. The summed E-state index contributed by atoms with van der Waals surface area (Å²) in [5.41, 5.74) is 30.2. The Kier molecular flexibility index (Phi) is 14.8. The summed E-state index contributed by atoms with van der Waals surface area (Å²) in [5.74, 6) is 0. The number of nitrogens with zero attached hydrogens (tertiary/aromatic N) is 3. The van der Waals surface area contributed by atoms with Crippen LogP contribution in [-0.2, 0) is 0 Å². The first-order valence-corrected chi connectivity index (χ1v) is 29.4. The second-order valence-corrected chi connectivity index (χ2v) is 21.8. The molecule has 3 nitrogen and oxygen atoms in total. The van der Waals surface area contributed by atoms with Crippen LogP contribution in [0.4, 0.5) is 0 Å². The van der Waals surface area contributed by atoms with Crippen molar-refractivity contribution in [3.05, 3.63) is 350 Å². The van der Waals surface area contributed by atoms with Crippen molar-refractivity contribution in [2.45, 2.75) is 13.3 Å². The fraction of sp³-hybridized carbons (Fsp3) is 0.0241. The number of rotatable bonds is 13. The minimum atomic E-state index is 0.677. The predicted octanol–water partition coefficient (Wildman–Crippen LogP) is 21.8. The number of hydrogen-bond donors (Lipinski definition) is 0. The van der Waals surface area contributed by atoms with Gasteiger partial charge in [-0.05, 0) is 179 Å². The Bertz CT molecular complexity index is 4680. The van der Waals surface area contributed by atoms with E-state index in [1.54, 1.807) is 0 Å². The molecule has 0 radical (unpaired) electrons. The molecule has 14 rings (SSSR count). The molecular weight excluding hydrogens is 1040 g/mol. The maximum atomic E-state index is 5.10. The minimum Gasteiger partial charge on any atom is -0.256 e. The average Bonchev–Trinajstić information content (AvgIpc) is 3.32. The third kappa shape index (κ3) is 10.8. The predicted molar refractivity (Wildman–Crippen MR) is 360 cm³/mol. The molecule has 10 aromatic carbocycles. The molecule has 0 saturated carbocycles. The third-order valence-electron chi connectivity index (χ3n) is 16.5. The lowest BCUT2D eigenvalue weighted by atomic mass is 9.85. The molecular formula is C83H59N3. The average molecular weight is 1100 g/mol. The second-order valence-electron chi connectivity index (χ2n) is 21.8. The lowest BCUT2D eigenvalue weighted by Gasteiger charge is -2.19. The van der Waals surface area contributed by atoms with Gasteiger partial charge in [-0.25, -0.2) is 0 Å². The van der Waals surface area contributed by atoms with Gasteiger partial charge in [0.1, 0.15) is 0 Å². The molecule has 0 fully saturated rings. The molecule has 0 unspecified atom stereocenters. The lowest BCUT2D eigenvalue weighted by Crippen LogP contribution is -1.95. The van der Waals surface area contributed by atoms with Crippen LogP contribution in [0.5, 0.6) is 0 Å². The normalized spacial score (nSPS) is 12.2. The Hall–Kier alpha value is -11.1. The molecule has 3 aromatic heterocycles. The fourth-order valence-electron chi connectivity index (χ4n) is 12.3. The zero-order valence-corrected chi connectivity index (χ0v) is 47.7. The number of allylic oxidation sites excluding steroid dienone is 6. The summed E-state index contributed by atoms with van der Waals surface area (Å²) in [6, 6.07) is 105. The van der Waals surface area contributed by atoms with Gasteiger partial charge in [-0.15, -0.1) is 0 Å².